The fraction of sp³-hybridized carbons (Fsp3) is 0.650. The lowest BCUT2D eigenvalue weighted by atomic mass is 9.54. The predicted octanol–water partition coefficient (Wildman–Crippen LogP) is 4.50. The molecule has 1 saturated heterocycles. The molecule has 1 heterocycles. The number of rotatable bonds is 3. The number of benzene rings is 1. The number of halogens is 1. The number of guanidine groups is 1. The zero-order chi connectivity index (χ0) is 16.7. The topological polar surface area (TPSA) is 59.6 Å². The Hall–Kier alpha value is -0.820. The largest absolute Gasteiger partial charge is 0.377 e. The van der Waals surface area contributed by atoms with Crippen LogP contribution in [0.25, 0.3) is 0 Å². The number of aliphatic imine (C=N–C) groups is 1. The highest BCUT2D eigenvalue weighted by atomic mass is 127. The lowest BCUT2D eigenvalue weighted by Crippen LogP contribution is -2.61. The molecule has 0 bridgehead atoms. The molecule has 25 heavy (non-hydrogen) atoms. The quantitative estimate of drug-likeness (QED) is 0.401. The Morgan fingerprint density at radius 2 is 2.08 bits per heavy atom. The van der Waals surface area contributed by atoms with Crippen LogP contribution in [-0.2, 0) is 4.74 Å². The van der Waals surface area contributed by atoms with E-state index in [4.69, 9.17) is 15.5 Å². The summed E-state index contributed by atoms with van der Waals surface area (Å²) in [6.07, 6.45) is 6.68. The molecule has 1 aliphatic heterocycles. The van der Waals surface area contributed by atoms with Crippen molar-refractivity contribution >= 4 is 35.6 Å². The van der Waals surface area contributed by atoms with Crippen molar-refractivity contribution < 1.29 is 4.74 Å². The number of hydrogen-bond donors (Lipinski definition) is 2. The second-order valence-corrected chi connectivity index (χ2v) is 8.05. The summed E-state index contributed by atoms with van der Waals surface area (Å²) in [7, 11) is 0. The summed E-state index contributed by atoms with van der Waals surface area (Å²) in [5.41, 5.74) is 8.89. The van der Waals surface area contributed by atoms with Gasteiger partial charge in [0.15, 0.2) is 5.96 Å². The van der Waals surface area contributed by atoms with Crippen LogP contribution < -0.4 is 11.1 Å². The highest BCUT2D eigenvalue weighted by Gasteiger charge is 2.65. The van der Waals surface area contributed by atoms with Gasteiger partial charge >= 0.3 is 0 Å². The molecular formula is C20H30IN3O. The molecule has 3 N–H and O–H groups in total. The molecule has 1 aromatic rings. The van der Waals surface area contributed by atoms with Crippen LogP contribution in [0.2, 0.25) is 0 Å². The van der Waals surface area contributed by atoms with Crippen molar-refractivity contribution in [3.05, 3.63) is 29.8 Å². The van der Waals surface area contributed by atoms with Crippen molar-refractivity contribution in [2.45, 2.75) is 64.0 Å². The van der Waals surface area contributed by atoms with Crippen LogP contribution in [0.5, 0.6) is 0 Å². The fourth-order valence-corrected chi connectivity index (χ4v) is 5.14. The summed E-state index contributed by atoms with van der Waals surface area (Å²) in [4.78, 5) is 4.93. The smallest absolute Gasteiger partial charge is 0.193 e. The van der Waals surface area contributed by atoms with E-state index >= 15 is 0 Å². The maximum absolute atomic E-state index is 6.27. The second kappa shape index (κ2) is 7.43. The van der Waals surface area contributed by atoms with Crippen LogP contribution >= 0.6 is 24.0 Å². The molecule has 3 aliphatic rings. The van der Waals surface area contributed by atoms with Crippen molar-refractivity contribution in [3.8, 4) is 0 Å². The van der Waals surface area contributed by atoms with Crippen LogP contribution in [0.1, 0.15) is 57.4 Å². The maximum Gasteiger partial charge on any atom is 0.193 e. The maximum atomic E-state index is 6.27. The molecule has 0 radical (unpaired) electrons. The van der Waals surface area contributed by atoms with Crippen LogP contribution in [0.4, 0.5) is 5.69 Å². The first-order valence-electron chi connectivity index (χ1n) is 9.42. The van der Waals surface area contributed by atoms with Gasteiger partial charge in [-0.3, -0.25) is 0 Å². The minimum Gasteiger partial charge on any atom is -0.377 e. The van der Waals surface area contributed by atoms with Crippen molar-refractivity contribution in [3.63, 3.8) is 0 Å². The number of nitrogens with two attached hydrogens (primary N) is 1. The van der Waals surface area contributed by atoms with Gasteiger partial charge in [-0.15, -0.1) is 24.0 Å². The van der Waals surface area contributed by atoms with Crippen molar-refractivity contribution in [2.24, 2.45) is 22.1 Å². The van der Waals surface area contributed by atoms with Gasteiger partial charge in [0.1, 0.15) is 0 Å². The standard InChI is InChI=1S/C20H29N3O.HI/c1-13(2)14-6-5-7-15(12-14)22-19(21)23-17-16-8-11-24-18(16)20(17)9-3-4-10-20;/h5-7,12-13,16-18H,3-4,8-11H2,1-2H3,(H3,21,22,23);1H. The Morgan fingerprint density at radius 3 is 2.80 bits per heavy atom. The van der Waals surface area contributed by atoms with Gasteiger partial charge in [-0.05, 0) is 42.9 Å². The molecule has 3 fully saturated rings. The Kier molecular flexibility index (Phi) is 5.63. The van der Waals surface area contributed by atoms with Crippen molar-refractivity contribution in [1.29, 1.82) is 0 Å². The van der Waals surface area contributed by atoms with E-state index in [0.29, 0.717) is 29.9 Å². The Morgan fingerprint density at radius 1 is 1.32 bits per heavy atom. The summed E-state index contributed by atoms with van der Waals surface area (Å²) in [6, 6.07) is 8.80. The summed E-state index contributed by atoms with van der Waals surface area (Å²) in [5.74, 6) is 1.64. The third-order valence-electron chi connectivity index (χ3n) is 6.34. The van der Waals surface area contributed by atoms with Gasteiger partial charge in [0.2, 0.25) is 0 Å². The van der Waals surface area contributed by atoms with E-state index in [9.17, 15) is 0 Å². The van der Waals surface area contributed by atoms with Gasteiger partial charge in [0, 0.05) is 23.6 Å². The summed E-state index contributed by atoms with van der Waals surface area (Å²) >= 11 is 0. The fourth-order valence-electron chi connectivity index (χ4n) is 5.14. The molecule has 0 amide bonds. The number of ether oxygens (including phenoxy) is 1. The van der Waals surface area contributed by atoms with E-state index in [-0.39, 0.29) is 29.4 Å². The predicted molar refractivity (Wildman–Crippen MR) is 114 cm³/mol. The molecule has 4 rings (SSSR count). The Labute approximate surface area is 168 Å². The van der Waals surface area contributed by atoms with Gasteiger partial charge in [-0.2, -0.15) is 0 Å². The Bertz CT molecular complexity index is 640. The molecule has 138 valence electrons. The first-order chi connectivity index (χ1) is 11.6. The average Bonchev–Trinajstić information content (AvgIpc) is 3.21. The zero-order valence-corrected chi connectivity index (χ0v) is 17.5. The van der Waals surface area contributed by atoms with Crippen LogP contribution in [0, 0.1) is 11.3 Å². The number of nitrogens with one attached hydrogen (secondary N) is 1. The molecule has 4 nitrogen and oxygen atoms in total. The summed E-state index contributed by atoms with van der Waals surface area (Å²) < 4.78 is 6.03. The molecule has 3 atom stereocenters. The Balaban J connectivity index is 0.00000182. The lowest BCUT2D eigenvalue weighted by molar-refractivity contribution is -0.117. The van der Waals surface area contributed by atoms with Gasteiger partial charge in [0.05, 0.1) is 12.1 Å². The SMILES string of the molecule is CC(C)c1cccc(NC(N)=NC2C3CCOC3C23CCCC3)c1.I. The van der Waals surface area contributed by atoms with E-state index in [1.165, 1.54) is 31.2 Å². The number of fused-ring (bicyclic) bond motifs is 2. The molecule has 1 aromatic carbocycles. The van der Waals surface area contributed by atoms with E-state index in [0.717, 1.165) is 18.7 Å². The highest BCUT2D eigenvalue weighted by molar-refractivity contribution is 14.0. The normalized spacial score (nSPS) is 30.0. The van der Waals surface area contributed by atoms with Gasteiger partial charge in [-0.1, -0.05) is 38.8 Å². The van der Waals surface area contributed by atoms with E-state index in [2.05, 4.69) is 43.4 Å². The number of nitrogens with zero attached hydrogens (tertiary/aromatic N) is 1. The van der Waals surface area contributed by atoms with Crippen molar-refractivity contribution in [1.82, 2.24) is 0 Å². The first-order valence-corrected chi connectivity index (χ1v) is 9.42. The van der Waals surface area contributed by atoms with E-state index in [1.807, 2.05) is 0 Å². The number of anilines is 1. The minimum absolute atomic E-state index is 0. The first kappa shape index (κ1) is 19.0. The molecular weight excluding hydrogens is 425 g/mol. The van der Waals surface area contributed by atoms with Gasteiger partial charge < -0.3 is 15.8 Å². The third-order valence-corrected chi connectivity index (χ3v) is 6.34. The van der Waals surface area contributed by atoms with Gasteiger partial charge in [-0.25, -0.2) is 4.99 Å². The monoisotopic (exact) mass is 455 g/mol. The molecule has 0 aromatic heterocycles. The average molecular weight is 455 g/mol. The highest BCUT2D eigenvalue weighted by Crippen LogP contribution is 2.62. The molecule has 3 unspecified atom stereocenters. The van der Waals surface area contributed by atoms with E-state index < -0.39 is 0 Å². The zero-order valence-electron chi connectivity index (χ0n) is 15.2. The van der Waals surface area contributed by atoms with Crippen LogP contribution in [0.3, 0.4) is 0 Å². The van der Waals surface area contributed by atoms with Crippen molar-refractivity contribution in [2.75, 3.05) is 11.9 Å². The number of hydrogen-bond acceptors (Lipinski definition) is 2. The lowest BCUT2D eigenvalue weighted by Gasteiger charge is -2.54. The van der Waals surface area contributed by atoms with Crippen LogP contribution in [-0.4, -0.2) is 24.7 Å². The summed E-state index contributed by atoms with van der Waals surface area (Å²) in [5, 5.41) is 3.31. The minimum atomic E-state index is 0. The molecule has 2 saturated carbocycles. The van der Waals surface area contributed by atoms with Gasteiger partial charge in [0.25, 0.3) is 0 Å². The van der Waals surface area contributed by atoms with E-state index in [1.54, 1.807) is 0 Å². The molecule has 2 aliphatic carbocycles. The second-order valence-electron chi connectivity index (χ2n) is 8.05. The molecule has 5 heteroatoms. The van der Waals surface area contributed by atoms with Crippen LogP contribution in [0.15, 0.2) is 29.3 Å². The summed E-state index contributed by atoms with van der Waals surface area (Å²) in [6.45, 7) is 5.30. The molecule has 1 spiro atoms. The third kappa shape index (κ3) is 3.29.